The van der Waals surface area contributed by atoms with E-state index in [1.54, 1.807) is 4.57 Å². The Morgan fingerprint density at radius 1 is 1.03 bits per heavy atom. The van der Waals surface area contributed by atoms with E-state index in [1.807, 2.05) is 11.0 Å². The Morgan fingerprint density at radius 3 is 2.41 bits per heavy atom. The van der Waals surface area contributed by atoms with Crippen LogP contribution in [0.15, 0.2) is 47.9 Å². The third kappa shape index (κ3) is 4.70. The van der Waals surface area contributed by atoms with Gasteiger partial charge in [0, 0.05) is 32.4 Å². The molecule has 29 heavy (non-hydrogen) atoms. The first kappa shape index (κ1) is 20.1. The predicted molar refractivity (Wildman–Crippen MR) is 110 cm³/mol. The van der Waals surface area contributed by atoms with E-state index in [0.717, 1.165) is 45.2 Å². The van der Waals surface area contributed by atoms with Gasteiger partial charge in [-0.15, -0.1) is 0 Å². The van der Waals surface area contributed by atoms with Gasteiger partial charge in [-0.3, -0.25) is 4.79 Å². The summed E-state index contributed by atoms with van der Waals surface area (Å²) >= 11 is 0. The molecule has 0 N–H and O–H groups in total. The molecule has 3 heterocycles. The molecule has 4 rings (SSSR count). The molecule has 1 aromatic heterocycles. The van der Waals surface area contributed by atoms with Crippen molar-refractivity contribution < 1.29 is 13.2 Å². The molecule has 0 unspecified atom stereocenters. The van der Waals surface area contributed by atoms with E-state index in [4.69, 9.17) is 0 Å². The lowest BCUT2D eigenvalue weighted by Crippen LogP contribution is -2.40. The van der Waals surface area contributed by atoms with Crippen molar-refractivity contribution in [2.45, 2.75) is 43.7 Å². The molecule has 2 fully saturated rings. The number of nitrogens with zero attached hydrogens (tertiary/aromatic N) is 4. The molecule has 2 aliphatic rings. The molecular formula is C21H28N4O3S. The number of carbonyl (C=O) groups is 1. The summed E-state index contributed by atoms with van der Waals surface area (Å²) in [5.41, 5.74) is 1.35. The molecule has 0 atom stereocenters. The monoisotopic (exact) mass is 416 g/mol. The number of sulfonamides is 1. The van der Waals surface area contributed by atoms with Crippen LogP contribution in [0.25, 0.3) is 0 Å². The first-order chi connectivity index (χ1) is 14.0. The molecule has 7 nitrogen and oxygen atoms in total. The van der Waals surface area contributed by atoms with Crippen LogP contribution in [0.4, 0.5) is 0 Å². The van der Waals surface area contributed by atoms with E-state index in [2.05, 4.69) is 29.2 Å². The molecule has 0 spiro atoms. The summed E-state index contributed by atoms with van der Waals surface area (Å²) < 4.78 is 28.2. The smallest absolute Gasteiger partial charge is 0.262 e. The molecule has 1 aromatic carbocycles. The summed E-state index contributed by atoms with van der Waals surface area (Å²) in [5.74, 6) is 0.623. The van der Waals surface area contributed by atoms with Gasteiger partial charge in [0.2, 0.25) is 5.91 Å². The van der Waals surface area contributed by atoms with Crippen LogP contribution >= 0.6 is 0 Å². The summed E-state index contributed by atoms with van der Waals surface area (Å²) in [7, 11) is -3.54. The third-order valence-corrected chi connectivity index (χ3v) is 7.72. The average Bonchev–Trinajstić information content (AvgIpc) is 3.42. The Hall–Kier alpha value is -2.19. The number of piperidine rings is 1. The third-order valence-electron chi connectivity index (χ3n) is 5.93. The number of benzene rings is 1. The predicted octanol–water partition coefficient (Wildman–Crippen LogP) is 2.15. The quantitative estimate of drug-likeness (QED) is 0.723. The van der Waals surface area contributed by atoms with E-state index in [-0.39, 0.29) is 17.5 Å². The van der Waals surface area contributed by atoms with Crippen molar-refractivity contribution in [2.75, 3.05) is 26.2 Å². The maximum atomic E-state index is 12.7. The van der Waals surface area contributed by atoms with Gasteiger partial charge in [0.15, 0.2) is 5.03 Å². The molecule has 0 radical (unpaired) electrons. The van der Waals surface area contributed by atoms with Crippen LogP contribution in [0.1, 0.15) is 31.2 Å². The second kappa shape index (κ2) is 8.67. The van der Waals surface area contributed by atoms with Crippen molar-refractivity contribution in [3.05, 3.63) is 48.4 Å². The van der Waals surface area contributed by atoms with Crippen LogP contribution in [0.3, 0.4) is 0 Å². The second-order valence-corrected chi connectivity index (χ2v) is 9.89. The van der Waals surface area contributed by atoms with Gasteiger partial charge in [0.1, 0.15) is 6.54 Å². The normalized spacial score (nSPS) is 19.0. The number of rotatable bonds is 6. The molecule has 1 amide bonds. The Kier molecular flexibility index (Phi) is 6.01. The second-order valence-electron chi connectivity index (χ2n) is 8.01. The van der Waals surface area contributed by atoms with Gasteiger partial charge in [-0.25, -0.2) is 13.4 Å². The van der Waals surface area contributed by atoms with Gasteiger partial charge in [-0.2, -0.15) is 4.31 Å². The van der Waals surface area contributed by atoms with Gasteiger partial charge in [0.05, 0.1) is 6.33 Å². The topological polar surface area (TPSA) is 75.5 Å². The van der Waals surface area contributed by atoms with Crippen molar-refractivity contribution >= 4 is 15.9 Å². The number of imidazole rings is 1. The zero-order valence-corrected chi connectivity index (χ0v) is 17.4. The highest BCUT2D eigenvalue weighted by Crippen LogP contribution is 2.22. The van der Waals surface area contributed by atoms with Gasteiger partial charge < -0.3 is 9.47 Å². The van der Waals surface area contributed by atoms with E-state index in [1.165, 1.54) is 22.4 Å². The Balaban J connectivity index is 1.30. The lowest BCUT2D eigenvalue weighted by atomic mass is 9.90. The van der Waals surface area contributed by atoms with Gasteiger partial charge >= 0.3 is 0 Å². The molecule has 2 aromatic rings. The fraction of sp³-hybridized carbons (Fsp3) is 0.524. The Labute approximate surface area is 172 Å². The molecular weight excluding hydrogens is 388 g/mol. The minimum atomic E-state index is -3.54. The zero-order chi connectivity index (χ0) is 20.3. The molecule has 0 saturated carbocycles. The number of amides is 1. The maximum absolute atomic E-state index is 12.7. The first-order valence-electron chi connectivity index (χ1n) is 10.4. The van der Waals surface area contributed by atoms with Gasteiger partial charge in [-0.1, -0.05) is 30.3 Å². The van der Waals surface area contributed by atoms with Crippen molar-refractivity contribution in [3.8, 4) is 0 Å². The van der Waals surface area contributed by atoms with Crippen molar-refractivity contribution in [1.29, 1.82) is 0 Å². The van der Waals surface area contributed by atoms with E-state index < -0.39 is 10.0 Å². The van der Waals surface area contributed by atoms with Crippen LogP contribution in [-0.2, 0) is 27.8 Å². The van der Waals surface area contributed by atoms with Crippen LogP contribution < -0.4 is 0 Å². The molecule has 2 saturated heterocycles. The minimum absolute atomic E-state index is 0.0191. The summed E-state index contributed by atoms with van der Waals surface area (Å²) in [4.78, 5) is 18.6. The lowest BCUT2D eigenvalue weighted by molar-refractivity contribution is -0.133. The van der Waals surface area contributed by atoms with E-state index in [0.29, 0.717) is 19.0 Å². The van der Waals surface area contributed by atoms with E-state index in [9.17, 15) is 13.2 Å². The molecule has 0 aliphatic carbocycles. The number of hydrogen-bond donors (Lipinski definition) is 0. The standard InChI is InChI=1S/C21H28N4O3S/c26-21(24-12-8-19(9-13-24)14-18-6-2-1-3-7-18)16-23-15-20(22-17-23)29(27,28)25-10-4-5-11-25/h1-3,6-7,15,17,19H,4-5,8-14,16H2. The first-order valence-corrected chi connectivity index (χ1v) is 11.8. The summed E-state index contributed by atoms with van der Waals surface area (Å²) in [6.45, 7) is 2.73. The van der Waals surface area contributed by atoms with Crippen LogP contribution in [0.2, 0.25) is 0 Å². The highest BCUT2D eigenvalue weighted by Gasteiger charge is 2.29. The highest BCUT2D eigenvalue weighted by molar-refractivity contribution is 7.89. The fourth-order valence-corrected chi connectivity index (χ4v) is 5.66. The van der Waals surface area contributed by atoms with Crippen molar-refractivity contribution in [2.24, 2.45) is 5.92 Å². The van der Waals surface area contributed by atoms with Crippen LogP contribution in [0, 0.1) is 5.92 Å². The minimum Gasteiger partial charge on any atom is -0.341 e. The van der Waals surface area contributed by atoms with E-state index >= 15 is 0 Å². The largest absolute Gasteiger partial charge is 0.341 e. The number of likely N-dealkylation sites (tertiary alicyclic amines) is 1. The Bertz CT molecular complexity index is 928. The lowest BCUT2D eigenvalue weighted by Gasteiger charge is -2.32. The molecule has 2 aliphatic heterocycles. The SMILES string of the molecule is O=C(Cn1cnc(S(=O)(=O)N2CCCC2)c1)N1CCC(Cc2ccccc2)CC1. The number of hydrogen-bond acceptors (Lipinski definition) is 4. The highest BCUT2D eigenvalue weighted by atomic mass is 32.2. The summed E-state index contributed by atoms with van der Waals surface area (Å²) in [6.07, 6.45) is 7.76. The number of aromatic nitrogens is 2. The number of carbonyl (C=O) groups excluding carboxylic acids is 1. The summed E-state index contributed by atoms with van der Waals surface area (Å²) in [5, 5.41) is 0.0359. The maximum Gasteiger partial charge on any atom is 0.262 e. The van der Waals surface area contributed by atoms with Crippen LogP contribution in [-0.4, -0.2) is 59.3 Å². The average molecular weight is 417 g/mol. The molecule has 156 valence electrons. The summed E-state index contributed by atoms with van der Waals surface area (Å²) in [6, 6.07) is 10.5. The van der Waals surface area contributed by atoms with Gasteiger partial charge in [-0.05, 0) is 43.6 Å². The fourth-order valence-electron chi connectivity index (χ4n) is 4.21. The molecule has 8 heteroatoms. The van der Waals surface area contributed by atoms with Crippen molar-refractivity contribution in [3.63, 3.8) is 0 Å². The Morgan fingerprint density at radius 2 is 1.72 bits per heavy atom. The van der Waals surface area contributed by atoms with Gasteiger partial charge in [0.25, 0.3) is 10.0 Å². The van der Waals surface area contributed by atoms with Crippen molar-refractivity contribution in [1.82, 2.24) is 18.8 Å². The molecule has 0 bridgehead atoms. The van der Waals surface area contributed by atoms with Crippen LogP contribution in [0.5, 0.6) is 0 Å². The zero-order valence-electron chi connectivity index (χ0n) is 16.6.